The Balaban J connectivity index is 1.73. The van der Waals surface area contributed by atoms with E-state index in [9.17, 15) is 14.4 Å². The van der Waals surface area contributed by atoms with Crippen LogP contribution in [0.2, 0.25) is 0 Å². The van der Waals surface area contributed by atoms with Crippen molar-refractivity contribution < 1.29 is 14.4 Å². The molecule has 1 fully saturated rings. The molecule has 0 aliphatic carbocycles. The molecule has 1 aliphatic heterocycles. The fourth-order valence-electron chi connectivity index (χ4n) is 4.89. The van der Waals surface area contributed by atoms with Gasteiger partial charge in [-0.3, -0.25) is 14.4 Å². The molecule has 0 radical (unpaired) electrons. The molecule has 3 rings (SSSR count). The lowest BCUT2D eigenvalue weighted by Crippen LogP contribution is -2.55. The summed E-state index contributed by atoms with van der Waals surface area (Å²) in [5.74, 6) is -0.258. The first-order valence-corrected chi connectivity index (χ1v) is 14.7. The van der Waals surface area contributed by atoms with Gasteiger partial charge in [0.2, 0.25) is 17.7 Å². The van der Waals surface area contributed by atoms with Crippen molar-refractivity contribution in [1.29, 1.82) is 0 Å². The number of carbonyl (C=O) groups is 3. The maximum Gasteiger partial charge on any atom is 0.245 e. The predicted octanol–water partition coefficient (Wildman–Crippen LogP) is 4.15. The molecule has 0 unspecified atom stereocenters. The van der Waals surface area contributed by atoms with Gasteiger partial charge in [0.15, 0.2) is 0 Å². The molecule has 7 nitrogen and oxygen atoms in total. The average Bonchev–Trinajstić information content (AvgIpc) is 3.41. The van der Waals surface area contributed by atoms with E-state index in [0.29, 0.717) is 32.5 Å². The first kappa shape index (κ1) is 30.1. The lowest BCUT2D eigenvalue weighted by molar-refractivity contribution is -0.140. The van der Waals surface area contributed by atoms with E-state index in [0.717, 1.165) is 24.8 Å². The van der Waals surface area contributed by atoms with Gasteiger partial charge in [-0.15, -0.1) is 0 Å². The average molecular weight is 633 g/mol. The van der Waals surface area contributed by atoms with Crippen LogP contribution < -0.4 is 8.85 Å². The molecule has 1 heterocycles. The Hall–Kier alpha value is -2.46. The van der Waals surface area contributed by atoms with Crippen LogP contribution in [-0.2, 0) is 27.2 Å². The molecule has 8 heteroatoms. The van der Waals surface area contributed by atoms with Crippen molar-refractivity contribution >= 4 is 40.6 Å². The molecule has 0 saturated carbocycles. The molecule has 38 heavy (non-hydrogen) atoms. The zero-order valence-corrected chi connectivity index (χ0v) is 24.9. The largest absolute Gasteiger partial charge is 0.343 e. The Bertz CT molecular complexity index is 1030. The minimum Gasteiger partial charge on any atom is -0.343 e. The van der Waals surface area contributed by atoms with Gasteiger partial charge in [0.05, 0.1) is 6.04 Å². The summed E-state index contributed by atoms with van der Waals surface area (Å²) < 4.78 is 2.93. The topological polar surface area (TPSA) is 81.8 Å². The summed E-state index contributed by atoms with van der Waals surface area (Å²) in [5, 5.41) is 3.00. The molecule has 0 spiro atoms. The molecule has 206 valence electrons. The molecule has 2 aromatic carbocycles. The number of nitrogens with zero attached hydrogens (tertiary/aromatic N) is 2. The molecule has 0 bridgehead atoms. The van der Waals surface area contributed by atoms with Crippen LogP contribution in [0.3, 0.4) is 0 Å². The number of benzene rings is 2. The number of amides is 3. The van der Waals surface area contributed by atoms with E-state index in [4.69, 9.17) is 0 Å². The number of likely N-dealkylation sites (tertiary alicyclic amines) is 1. The predicted molar refractivity (Wildman–Crippen MR) is 160 cm³/mol. The first-order chi connectivity index (χ1) is 18.3. The fraction of sp³-hybridized carbons (Fsp3) is 0.500. The van der Waals surface area contributed by atoms with Gasteiger partial charge < -0.3 is 15.1 Å². The SMILES string of the molecule is CC(C)C(=O)N(CCc1ccccc1)C[C@@H]1CCCN1C(=O)[C@H](CCc1ccccc1)NC(=O)[C@H](C)NI. The van der Waals surface area contributed by atoms with Crippen LogP contribution in [0, 0.1) is 5.92 Å². The van der Waals surface area contributed by atoms with E-state index in [1.807, 2.05) is 95.0 Å². The van der Waals surface area contributed by atoms with Gasteiger partial charge in [-0.2, -0.15) is 0 Å². The Morgan fingerprint density at radius 1 is 0.974 bits per heavy atom. The lowest BCUT2D eigenvalue weighted by Gasteiger charge is -2.34. The third-order valence-corrected chi connectivity index (χ3v) is 8.08. The van der Waals surface area contributed by atoms with Crippen LogP contribution in [0.5, 0.6) is 0 Å². The highest BCUT2D eigenvalue weighted by atomic mass is 127. The third-order valence-electron chi connectivity index (χ3n) is 7.15. The Labute approximate surface area is 241 Å². The maximum absolute atomic E-state index is 13.9. The lowest BCUT2D eigenvalue weighted by atomic mass is 10.0. The summed E-state index contributed by atoms with van der Waals surface area (Å²) in [6.07, 6.45) is 3.73. The third kappa shape index (κ3) is 8.80. The highest BCUT2D eigenvalue weighted by molar-refractivity contribution is 14.1. The van der Waals surface area contributed by atoms with Crippen molar-refractivity contribution in [1.82, 2.24) is 18.6 Å². The van der Waals surface area contributed by atoms with Crippen LogP contribution in [0.25, 0.3) is 0 Å². The van der Waals surface area contributed by atoms with Crippen LogP contribution in [0.15, 0.2) is 60.7 Å². The van der Waals surface area contributed by atoms with E-state index in [2.05, 4.69) is 21.0 Å². The molecular weight excluding hydrogens is 591 g/mol. The van der Waals surface area contributed by atoms with Crippen molar-refractivity contribution in [2.45, 2.75) is 71.0 Å². The number of rotatable bonds is 13. The number of aryl methyl sites for hydroxylation is 1. The van der Waals surface area contributed by atoms with Crippen LogP contribution >= 0.6 is 22.9 Å². The molecule has 1 aliphatic rings. The van der Waals surface area contributed by atoms with Gasteiger partial charge in [-0.25, -0.2) is 3.53 Å². The smallest absolute Gasteiger partial charge is 0.245 e. The summed E-state index contributed by atoms with van der Waals surface area (Å²) in [7, 11) is 0. The zero-order valence-electron chi connectivity index (χ0n) is 22.7. The van der Waals surface area contributed by atoms with E-state index >= 15 is 0 Å². The van der Waals surface area contributed by atoms with Crippen molar-refractivity contribution in [2.24, 2.45) is 5.92 Å². The zero-order chi connectivity index (χ0) is 27.5. The molecule has 3 atom stereocenters. The maximum atomic E-state index is 13.9. The minimum atomic E-state index is -0.617. The van der Waals surface area contributed by atoms with Crippen LogP contribution in [-0.4, -0.2) is 65.3 Å². The highest BCUT2D eigenvalue weighted by Gasteiger charge is 2.36. The normalized spacial score (nSPS) is 16.8. The highest BCUT2D eigenvalue weighted by Crippen LogP contribution is 2.22. The quantitative estimate of drug-likeness (QED) is 0.257. The van der Waals surface area contributed by atoms with E-state index in [1.165, 1.54) is 5.56 Å². The van der Waals surface area contributed by atoms with Crippen molar-refractivity contribution in [3.8, 4) is 0 Å². The second-order valence-electron chi connectivity index (χ2n) is 10.4. The second-order valence-corrected chi connectivity index (χ2v) is 11.0. The molecule has 2 aromatic rings. The monoisotopic (exact) mass is 632 g/mol. The van der Waals surface area contributed by atoms with Gasteiger partial charge in [0.25, 0.3) is 0 Å². The summed E-state index contributed by atoms with van der Waals surface area (Å²) in [4.78, 5) is 43.6. The van der Waals surface area contributed by atoms with Gasteiger partial charge in [0, 0.05) is 54.5 Å². The number of carbonyl (C=O) groups excluding carboxylic acids is 3. The van der Waals surface area contributed by atoms with Crippen LogP contribution in [0.4, 0.5) is 0 Å². The number of halogens is 1. The van der Waals surface area contributed by atoms with Gasteiger partial charge in [-0.1, -0.05) is 74.5 Å². The number of hydrogen-bond donors (Lipinski definition) is 2. The first-order valence-electron chi connectivity index (χ1n) is 13.6. The van der Waals surface area contributed by atoms with E-state index in [-0.39, 0.29) is 29.7 Å². The molecule has 3 amide bonds. The van der Waals surface area contributed by atoms with Crippen molar-refractivity contribution in [3.63, 3.8) is 0 Å². The van der Waals surface area contributed by atoms with Crippen molar-refractivity contribution in [2.75, 3.05) is 19.6 Å². The number of hydrogen-bond acceptors (Lipinski definition) is 4. The van der Waals surface area contributed by atoms with E-state index in [1.54, 1.807) is 6.92 Å². The standard InChI is InChI=1S/C30H41IN4O3/c1-22(2)29(37)34(20-18-25-13-8-5-9-14-25)21-26-15-10-19-35(26)30(38)27(32-28(36)23(3)33-31)17-16-24-11-6-4-7-12-24/h4-9,11-14,22-23,26-27,33H,10,15-21H2,1-3H3,(H,32,36)/t23-,26-,27-/m0/s1. The molecular formula is C30H41IN4O3. The minimum absolute atomic E-state index is 0.0579. The van der Waals surface area contributed by atoms with Crippen molar-refractivity contribution in [3.05, 3.63) is 71.8 Å². The molecule has 2 N–H and O–H groups in total. The van der Waals surface area contributed by atoms with Gasteiger partial charge in [-0.05, 0) is 50.2 Å². The van der Waals surface area contributed by atoms with Gasteiger partial charge >= 0.3 is 0 Å². The fourth-order valence-corrected chi connectivity index (χ4v) is 5.18. The van der Waals surface area contributed by atoms with E-state index < -0.39 is 12.1 Å². The van der Waals surface area contributed by atoms with Crippen LogP contribution in [0.1, 0.15) is 51.2 Å². The van der Waals surface area contributed by atoms with Gasteiger partial charge in [0.1, 0.15) is 6.04 Å². The summed E-state index contributed by atoms with van der Waals surface area (Å²) in [5.41, 5.74) is 2.32. The Morgan fingerprint density at radius 3 is 2.16 bits per heavy atom. The number of nitrogens with one attached hydrogen (secondary N) is 2. The summed E-state index contributed by atoms with van der Waals surface area (Å²) >= 11 is 1.96. The second kappa shape index (κ2) is 15.2. The Kier molecular flexibility index (Phi) is 12.0. The molecule has 1 saturated heterocycles. The summed E-state index contributed by atoms with van der Waals surface area (Å²) in [6.45, 7) is 7.40. The molecule has 0 aromatic heterocycles. The Morgan fingerprint density at radius 2 is 1.58 bits per heavy atom. The summed E-state index contributed by atoms with van der Waals surface area (Å²) in [6, 6.07) is 19.1.